The van der Waals surface area contributed by atoms with Crippen molar-refractivity contribution < 1.29 is 19.1 Å². The number of carbonyl (C=O) groups is 2. The summed E-state index contributed by atoms with van der Waals surface area (Å²) in [6.07, 6.45) is 0.127. The van der Waals surface area contributed by atoms with Crippen LogP contribution in [0.4, 0.5) is 16.2 Å². The molecule has 0 aliphatic carbocycles. The molecule has 1 aromatic rings. The van der Waals surface area contributed by atoms with E-state index in [2.05, 4.69) is 0 Å². The van der Waals surface area contributed by atoms with Crippen LogP contribution in [-0.4, -0.2) is 58.4 Å². The fourth-order valence-electron chi connectivity index (χ4n) is 2.20. The number of hydrogen-bond donors (Lipinski definition) is 1. The van der Waals surface area contributed by atoms with E-state index in [0.717, 1.165) is 17.7 Å². The number of hydrogen-bond acceptors (Lipinski definition) is 6. The molecule has 0 spiro atoms. The Morgan fingerprint density at radius 1 is 1.45 bits per heavy atom. The Balaban J connectivity index is 1.92. The molecule has 7 nitrogen and oxygen atoms in total. The van der Waals surface area contributed by atoms with E-state index in [9.17, 15) is 9.59 Å². The van der Waals surface area contributed by atoms with Crippen LogP contribution in [0.15, 0.2) is 24.3 Å². The van der Waals surface area contributed by atoms with E-state index < -0.39 is 0 Å². The van der Waals surface area contributed by atoms with Crippen molar-refractivity contribution in [1.82, 2.24) is 0 Å². The quantitative estimate of drug-likeness (QED) is 0.560. The molecule has 7 heteroatoms. The van der Waals surface area contributed by atoms with Crippen LogP contribution in [0.2, 0.25) is 0 Å². The fourth-order valence-corrected chi connectivity index (χ4v) is 2.20. The van der Waals surface area contributed by atoms with Crippen molar-refractivity contribution >= 4 is 23.8 Å². The molecule has 1 amide bonds. The molecule has 1 atom stereocenters. The van der Waals surface area contributed by atoms with Gasteiger partial charge in [0.25, 0.3) is 0 Å². The summed E-state index contributed by atoms with van der Waals surface area (Å²) < 4.78 is 10.3. The fraction of sp³-hybridized carbons (Fsp3) is 0.467. The number of aldehydes is 1. The van der Waals surface area contributed by atoms with Gasteiger partial charge in [0.05, 0.1) is 13.2 Å². The van der Waals surface area contributed by atoms with Gasteiger partial charge >= 0.3 is 6.09 Å². The highest BCUT2D eigenvalue weighted by Gasteiger charge is 2.31. The SMILES string of the molecule is CN(CCOCC=O)c1ccc(N2CC(CN)OC2=O)cc1. The summed E-state index contributed by atoms with van der Waals surface area (Å²) in [6.45, 7) is 2.07. The van der Waals surface area contributed by atoms with Crippen LogP contribution >= 0.6 is 0 Å². The first-order valence-corrected chi connectivity index (χ1v) is 7.16. The molecular weight excluding hydrogens is 286 g/mol. The molecule has 0 aromatic heterocycles. The van der Waals surface area contributed by atoms with Gasteiger partial charge in [0.15, 0.2) is 0 Å². The van der Waals surface area contributed by atoms with Gasteiger partial charge in [-0.15, -0.1) is 0 Å². The van der Waals surface area contributed by atoms with Gasteiger partial charge in [-0.3, -0.25) is 4.90 Å². The van der Waals surface area contributed by atoms with E-state index in [1.54, 1.807) is 4.90 Å². The number of ether oxygens (including phenoxy) is 2. The highest BCUT2D eigenvalue weighted by Crippen LogP contribution is 2.24. The zero-order valence-electron chi connectivity index (χ0n) is 12.6. The molecule has 22 heavy (non-hydrogen) atoms. The van der Waals surface area contributed by atoms with Gasteiger partial charge in [0.1, 0.15) is 19.0 Å². The van der Waals surface area contributed by atoms with Crippen LogP contribution < -0.4 is 15.5 Å². The third-order valence-electron chi connectivity index (χ3n) is 3.50. The lowest BCUT2D eigenvalue weighted by atomic mass is 10.2. The lowest BCUT2D eigenvalue weighted by molar-refractivity contribution is -0.111. The number of nitrogens with two attached hydrogens (primary N) is 1. The van der Waals surface area contributed by atoms with Crippen molar-refractivity contribution in [1.29, 1.82) is 0 Å². The zero-order chi connectivity index (χ0) is 15.9. The van der Waals surface area contributed by atoms with Crippen molar-refractivity contribution in [3.63, 3.8) is 0 Å². The maximum Gasteiger partial charge on any atom is 0.414 e. The van der Waals surface area contributed by atoms with Gasteiger partial charge < -0.3 is 24.9 Å². The monoisotopic (exact) mass is 307 g/mol. The highest BCUT2D eigenvalue weighted by atomic mass is 16.6. The number of nitrogens with zero attached hydrogens (tertiary/aromatic N) is 2. The van der Waals surface area contributed by atoms with Gasteiger partial charge in [0.2, 0.25) is 0 Å². The summed E-state index contributed by atoms with van der Waals surface area (Å²) in [6, 6.07) is 7.60. The third-order valence-corrected chi connectivity index (χ3v) is 3.50. The second-order valence-corrected chi connectivity index (χ2v) is 5.03. The summed E-state index contributed by atoms with van der Waals surface area (Å²) in [4.78, 5) is 25.5. The Labute approximate surface area is 129 Å². The average Bonchev–Trinajstić information content (AvgIpc) is 2.92. The standard InChI is InChI=1S/C15H21N3O4/c1-17(6-8-21-9-7-19)12-2-4-13(5-3-12)18-11-14(10-16)22-15(18)20/h2-5,7,14H,6,8-11,16H2,1H3. The first-order chi connectivity index (χ1) is 10.7. The molecule has 1 fully saturated rings. The second-order valence-electron chi connectivity index (χ2n) is 5.03. The summed E-state index contributed by atoms with van der Waals surface area (Å²) in [7, 11) is 1.94. The predicted molar refractivity (Wildman–Crippen MR) is 83.3 cm³/mol. The van der Waals surface area contributed by atoms with Crippen LogP contribution in [0.1, 0.15) is 0 Å². The molecule has 120 valence electrons. The Morgan fingerprint density at radius 2 is 2.18 bits per heavy atom. The molecule has 0 bridgehead atoms. The average molecular weight is 307 g/mol. The van der Waals surface area contributed by atoms with Crippen molar-refractivity contribution in [2.75, 3.05) is 49.7 Å². The molecule has 0 radical (unpaired) electrons. The summed E-state index contributed by atoms with van der Waals surface area (Å²) >= 11 is 0. The maximum atomic E-state index is 11.8. The molecular formula is C15H21N3O4. The number of benzene rings is 1. The van der Waals surface area contributed by atoms with Crippen molar-refractivity contribution in [3.8, 4) is 0 Å². The topological polar surface area (TPSA) is 85.1 Å². The van der Waals surface area contributed by atoms with Crippen LogP contribution in [0, 0.1) is 0 Å². The summed E-state index contributed by atoms with van der Waals surface area (Å²) in [5.41, 5.74) is 7.31. The van der Waals surface area contributed by atoms with Crippen molar-refractivity contribution in [3.05, 3.63) is 24.3 Å². The van der Waals surface area contributed by atoms with Crippen LogP contribution in [0.3, 0.4) is 0 Å². The lowest BCUT2D eigenvalue weighted by Gasteiger charge is -2.20. The second kappa shape index (κ2) is 7.77. The Hall–Kier alpha value is -2.12. The molecule has 0 saturated carbocycles. The Bertz CT molecular complexity index is 506. The van der Waals surface area contributed by atoms with E-state index in [1.807, 2.05) is 36.2 Å². The normalized spacial score (nSPS) is 17.5. The van der Waals surface area contributed by atoms with Crippen molar-refractivity contribution in [2.45, 2.75) is 6.10 Å². The molecule has 2 rings (SSSR count). The molecule has 2 N–H and O–H groups in total. The molecule has 1 unspecified atom stereocenters. The molecule has 1 aliphatic heterocycles. The van der Waals surface area contributed by atoms with Crippen LogP contribution in [-0.2, 0) is 14.3 Å². The third kappa shape index (κ3) is 3.96. The summed E-state index contributed by atoms with van der Waals surface area (Å²) in [5, 5.41) is 0. The smallest absolute Gasteiger partial charge is 0.414 e. The van der Waals surface area contributed by atoms with Crippen LogP contribution in [0.25, 0.3) is 0 Å². The molecule has 1 aromatic carbocycles. The first-order valence-electron chi connectivity index (χ1n) is 7.16. The number of amides is 1. The Kier molecular flexibility index (Phi) is 5.74. The van der Waals surface area contributed by atoms with E-state index in [1.165, 1.54) is 0 Å². The highest BCUT2D eigenvalue weighted by molar-refractivity contribution is 5.90. The summed E-state index contributed by atoms with van der Waals surface area (Å²) in [5.74, 6) is 0. The number of cyclic esters (lactones) is 1. The minimum absolute atomic E-state index is 0.117. The van der Waals surface area contributed by atoms with E-state index in [0.29, 0.717) is 26.2 Å². The van der Waals surface area contributed by atoms with Crippen molar-refractivity contribution in [2.24, 2.45) is 5.73 Å². The molecule has 1 aliphatic rings. The largest absolute Gasteiger partial charge is 0.443 e. The zero-order valence-corrected chi connectivity index (χ0v) is 12.6. The molecule has 1 saturated heterocycles. The molecule has 1 heterocycles. The van der Waals surface area contributed by atoms with Gasteiger partial charge in [-0.25, -0.2) is 4.79 Å². The number of rotatable bonds is 8. The maximum absolute atomic E-state index is 11.8. The Morgan fingerprint density at radius 3 is 2.77 bits per heavy atom. The lowest BCUT2D eigenvalue weighted by Crippen LogP contribution is -2.27. The predicted octanol–water partition coefficient (Wildman–Crippen LogP) is 0.622. The van der Waals surface area contributed by atoms with Gasteiger partial charge in [-0.05, 0) is 24.3 Å². The van der Waals surface area contributed by atoms with Crippen LogP contribution in [0.5, 0.6) is 0 Å². The number of anilines is 2. The number of likely N-dealkylation sites (N-methyl/N-ethyl adjacent to an activating group) is 1. The van der Waals surface area contributed by atoms with E-state index >= 15 is 0 Å². The number of carbonyl (C=O) groups excluding carboxylic acids is 2. The van der Waals surface area contributed by atoms with Gasteiger partial charge in [-0.2, -0.15) is 0 Å². The van der Waals surface area contributed by atoms with E-state index in [4.69, 9.17) is 15.2 Å². The van der Waals surface area contributed by atoms with Gasteiger partial charge in [-0.1, -0.05) is 0 Å². The first kappa shape index (κ1) is 16.3. The minimum Gasteiger partial charge on any atom is -0.443 e. The van der Waals surface area contributed by atoms with E-state index in [-0.39, 0.29) is 18.8 Å². The minimum atomic E-state index is -0.362. The van der Waals surface area contributed by atoms with Gasteiger partial charge in [0, 0.05) is 31.5 Å².